The van der Waals surface area contributed by atoms with Crippen LogP contribution < -0.4 is 15.8 Å². The van der Waals surface area contributed by atoms with E-state index in [9.17, 15) is 14.0 Å². The largest absolute Gasteiger partial charge is 0.493 e. The van der Waals surface area contributed by atoms with Crippen LogP contribution in [0.4, 0.5) is 10.2 Å². The predicted molar refractivity (Wildman–Crippen MR) is 128 cm³/mol. The molecule has 0 radical (unpaired) electrons. The van der Waals surface area contributed by atoms with E-state index in [0.717, 1.165) is 17.1 Å². The molecule has 34 heavy (non-hydrogen) atoms. The van der Waals surface area contributed by atoms with Gasteiger partial charge < -0.3 is 20.5 Å². The van der Waals surface area contributed by atoms with Crippen LogP contribution in [0.3, 0.4) is 0 Å². The molecule has 0 bridgehead atoms. The highest BCUT2D eigenvalue weighted by atomic mass is 35.5. The fourth-order valence-corrected chi connectivity index (χ4v) is 3.38. The van der Waals surface area contributed by atoms with Gasteiger partial charge >= 0.3 is 11.9 Å². The molecule has 2 aromatic carbocycles. The first-order valence-electron chi connectivity index (χ1n) is 10.6. The summed E-state index contributed by atoms with van der Waals surface area (Å²) < 4.78 is 24.7. The lowest BCUT2D eigenvalue weighted by atomic mass is 10.1. The lowest BCUT2D eigenvalue weighted by Gasteiger charge is -2.12. The number of nitrogens with two attached hydrogens (primary N) is 1. The minimum atomic E-state index is -1.18. The molecule has 0 aliphatic carbocycles. The average molecular weight is 486 g/mol. The molecule has 1 aromatic heterocycles. The molecule has 7 nitrogen and oxygen atoms in total. The van der Waals surface area contributed by atoms with E-state index in [1.54, 1.807) is 24.3 Å². The molecule has 0 saturated carbocycles. The number of aryl methyl sites for hydroxylation is 1. The molecule has 0 aliphatic rings. The van der Waals surface area contributed by atoms with E-state index in [4.69, 9.17) is 26.8 Å². The van der Waals surface area contributed by atoms with Gasteiger partial charge in [0.25, 0.3) is 0 Å². The number of esters is 2. The van der Waals surface area contributed by atoms with Crippen molar-refractivity contribution in [1.82, 2.24) is 4.98 Å². The summed E-state index contributed by atoms with van der Waals surface area (Å²) in [6.45, 7) is 1.92. The van der Waals surface area contributed by atoms with Crippen LogP contribution in [0.5, 0.6) is 5.75 Å². The molecule has 0 aliphatic heterocycles. The van der Waals surface area contributed by atoms with Crippen molar-refractivity contribution in [1.29, 1.82) is 0 Å². The van der Waals surface area contributed by atoms with Crippen molar-refractivity contribution in [3.05, 3.63) is 87.8 Å². The lowest BCUT2D eigenvalue weighted by Crippen LogP contribution is -2.36. The Hall–Kier alpha value is -3.49. The Morgan fingerprint density at radius 1 is 1.15 bits per heavy atom. The van der Waals surface area contributed by atoms with E-state index < -0.39 is 29.4 Å². The smallest absolute Gasteiger partial charge is 0.350 e. The maximum Gasteiger partial charge on any atom is 0.350 e. The first-order chi connectivity index (χ1) is 16.3. The van der Waals surface area contributed by atoms with Crippen LogP contribution >= 0.6 is 11.6 Å². The highest BCUT2D eigenvalue weighted by Crippen LogP contribution is 2.23. The van der Waals surface area contributed by atoms with E-state index in [0.29, 0.717) is 18.8 Å². The van der Waals surface area contributed by atoms with Crippen molar-refractivity contribution in [3.63, 3.8) is 0 Å². The maximum atomic E-state index is 14.2. The number of anilines is 1. The molecule has 3 aromatic rings. The van der Waals surface area contributed by atoms with Gasteiger partial charge in [-0.1, -0.05) is 35.9 Å². The summed E-state index contributed by atoms with van der Waals surface area (Å²) in [4.78, 5) is 28.9. The van der Waals surface area contributed by atoms with Crippen LogP contribution in [0.15, 0.2) is 54.6 Å². The molecule has 0 saturated heterocycles. The molecule has 0 spiro atoms. The van der Waals surface area contributed by atoms with Crippen molar-refractivity contribution >= 4 is 29.4 Å². The van der Waals surface area contributed by atoms with Gasteiger partial charge in [-0.05, 0) is 54.8 Å². The second-order valence-electron chi connectivity index (χ2n) is 7.58. The Morgan fingerprint density at radius 2 is 1.88 bits per heavy atom. The van der Waals surface area contributed by atoms with E-state index >= 15 is 0 Å². The first-order valence-corrected chi connectivity index (χ1v) is 11.0. The van der Waals surface area contributed by atoms with E-state index in [1.165, 1.54) is 19.1 Å². The number of aromatic nitrogens is 1. The van der Waals surface area contributed by atoms with Gasteiger partial charge in [0.05, 0.1) is 11.6 Å². The first kappa shape index (κ1) is 25.1. The summed E-state index contributed by atoms with van der Waals surface area (Å²) in [6.07, 6.45) is 0.769. The molecular weight excluding hydrogens is 461 g/mol. The minimum Gasteiger partial charge on any atom is -0.493 e. The fraction of sp³-hybridized carbons (Fsp3) is 0.240. The number of hydrogen-bond donors (Lipinski definition) is 2. The fourth-order valence-electron chi connectivity index (χ4n) is 3.15. The van der Waals surface area contributed by atoms with Gasteiger partial charge in [-0.15, -0.1) is 0 Å². The summed E-state index contributed by atoms with van der Waals surface area (Å²) in [5.74, 6) is -1.53. The van der Waals surface area contributed by atoms with Gasteiger partial charge in [0, 0.05) is 19.2 Å². The van der Waals surface area contributed by atoms with Crippen molar-refractivity contribution in [2.45, 2.75) is 25.8 Å². The number of benzene rings is 2. The topological polar surface area (TPSA) is 104 Å². The standard InChI is InChI=1S/C25H25ClFN3O4/c1-15-6-11-19(26)22(23(15)27)25(32)34-24(31)20(28)14-16-7-9-18(10-8-16)33-13-12-17-4-3-5-21(29-2)30-17/h3-11,20H,12-14,28H2,1-2H3,(H,29,30)/t20-/m0/s1. The number of rotatable bonds is 9. The Kier molecular flexibility index (Phi) is 8.56. The second kappa shape index (κ2) is 11.6. The van der Waals surface area contributed by atoms with Gasteiger partial charge in [-0.25, -0.2) is 19.0 Å². The van der Waals surface area contributed by atoms with Crippen molar-refractivity contribution in [2.75, 3.05) is 19.0 Å². The molecule has 3 rings (SSSR count). The van der Waals surface area contributed by atoms with Crippen molar-refractivity contribution < 1.29 is 23.5 Å². The summed E-state index contributed by atoms with van der Waals surface area (Å²) in [6, 6.07) is 14.5. The molecular formula is C25H25ClFN3O4. The zero-order valence-electron chi connectivity index (χ0n) is 18.8. The van der Waals surface area contributed by atoms with E-state index in [1.807, 2.05) is 25.2 Å². The number of carbonyl (C=O) groups is 2. The van der Waals surface area contributed by atoms with Crippen LogP contribution in [0, 0.1) is 12.7 Å². The minimum absolute atomic E-state index is 0.122. The van der Waals surface area contributed by atoms with Crippen LogP contribution in [0.25, 0.3) is 0 Å². The third kappa shape index (κ3) is 6.52. The summed E-state index contributed by atoms with van der Waals surface area (Å²) >= 11 is 5.89. The number of nitrogens with zero attached hydrogens (tertiary/aromatic N) is 1. The Balaban J connectivity index is 1.51. The monoisotopic (exact) mass is 485 g/mol. The predicted octanol–water partition coefficient (Wildman–Crippen LogP) is 4.10. The van der Waals surface area contributed by atoms with E-state index in [-0.39, 0.29) is 17.0 Å². The molecule has 0 unspecified atom stereocenters. The van der Waals surface area contributed by atoms with Crippen molar-refractivity contribution in [2.24, 2.45) is 5.73 Å². The number of carbonyl (C=O) groups excluding carboxylic acids is 2. The van der Waals surface area contributed by atoms with Crippen molar-refractivity contribution in [3.8, 4) is 5.75 Å². The van der Waals surface area contributed by atoms with Crippen LogP contribution in [0.2, 0.25) is 5.02 Å². The number of ether oxygens (including phenoxy) is 2. The summed E-state index contributed by atoms with van der Waals surface area (Å²) in [7, 11) is 1.81. The van der Waals surface area contributed by atoms with Crippen LogP contribution in [-0.2, 0) is 22.4 Å². The van der Waals surface area contributed by atoms with Gasteiger partial charge in [-0.3, -0.25) is 0 Å². The Bertz CT molecular complexity index is 1170. The molecule has 0 amide bonds. The lowest BCUT2D eigenvalue weighted by molar-refractivity contribution is -0.139. The number of nitrogens with one attached hydrogen (secondary N) is 1. The zero-order valence-corrected chi connectivity index (χ0v) is 19.6. The summed E-state index contributed by atoms with van der Waals surface area (Å²) in [5, 5.41) is 2.85. The maximum absolute atomic E-state index is 14.2. The van der Waals surface area contributed by atoms with Gasteiger partial charge in [0.15, 0.2) is 0 Å². The number of halogens is 2. The average Bonchev–Trinajstić information content (AvgIpc) is 2.83. The molecule has 1 heterocycles. The summed E-state index contributed by atoms with van der Waals surface area (Å²) in [5.41, 5.74) is 7.26. The molecule has 178 valence electrons. The van der Waals surface area contributed by atoms with Gasteiger partial charge in [-0.2, -0.15) is 0 Å². The molecule has 1 atom stereocenters. The van der Waals surface area contributed by atoms with Gasteiger partial charge in [0.2, 0.25) is 0 Å². The molecule has 3 N–H and O–H groups in total. The number of hydrogen-bond acceptors (Lipinski definition) is 7. The quantitative estimate of drug-likeness (QED) is 0.347. The van der Waals surface area contributed by atoms with Gasteiger partial charge in [0.1, 0.15) is 29.0 Å². The van der Waals surface area contributed by atoms with Crippen LogP contribution in [0.1, 0.15) is 27.2 Å². The third-order valence-corrected chi connectivity index (χ3v) is 5.37. The molecule has 0 fully saturated rings. The Labute approximate surface area is 202 Å². The van der Waals surface area contributed by atoms with Crippen LogP contribution in [-0.4, -0.2) is 36.6 Å². The van der Waals surface area contributed by atoms with E-state index in [2.05, 4.69) is 10.3 Å². The second-order valence-corrected chi connectivity index (χ2v) is 7.99. The number of pyridine rings is 1. The molecule has 9 heteroatoms. The Morgan fingerprint density at radius 3 is 2.59 bits per heavy atom. The normalized spacial score (nSPS) is 11.6. The SMILES string of the molecule is CNc1cccc(CCOc2ccc(C[C@H](N)C(=O)OC(=O)c3c(Cl)ccc(C)c3F)cc2)n1. The highest BCUT2D eigenvalue weighted by molar-refractivity contribution is 6.33. The zero-order chi connectivity index (χ0) is 24.7. The highest BCUT2D eigenvalue weighted by Gasteiger charge is 2.25. The third-order valence-electron chi connectivity index (χ3n) is 5.05.